The lowest BCUT2D eigenvalue weighted by atomic mass is 10.1. The van der Waals surface area contributed by atoms with Gasteiger partial charge in [0.05, 0.1) is 6.61 Å². The van der Waals surface area contributed by atoms with Crippen molar-refractivity contribution in [1.82, 2.24) is 0 Å². The van der Waals surface area contributed by atoms with Gasteiger partial charge in [-0.1, -0.05) is 60.7 Å². The zero-order valence-electron chi connectivity index (χ0n) is 17.9. The number of hydrogen-bond acceptors (Lipinski definition) is 4. The van der Waals surface area contributed by atoms with Gasteiger partial charge < -0.3 is 13.9 Å². The summed E-state index contributed by atoms with van der Waals surface area (Å²) < 4.78 is 17.9. The summed E-state index contributed by atoms with van der Waals surface area (Å²) >= 11 is 0. The average Bonchev–Trinajstić information content (AvgIpc) is 2.72. The number of ether oxygens (including phenoxy) is 2. The number of esters is 1. The van der Waals surface area contributed by atoms with E-state index in [9.17, 15) is 4.79 Å². The Morgan fingerprint density at radius 3 is 1.93 bits per heavy atom. The molecule has 0 aliphatic carbocycles. The Balaban J connectivity index is 2.05. The number of hydrogen-bond donors (Lipinski definition) is 0. The minimum absolute atomic E-state index is 0.302. The topological polar surface area (TPSA) is 44.8 Å². The van der Waals surface area contributed by atoms with Crippen molar-refractivity contribution in [2.75, 3.05) is 6.61 Å². The fraction of sp³-hybridized carbons (Fsp3) is 0.240. The molecular formula is C25H28O4Si. The molecule has 0 unspecified atom stereocenters. The van der Waals surface area contributed by atoms with Crippen molar-refractivity contribution < 1.29 is 18.7 Å². The fourth-order valence-corrected chi connectivity index (χ4v) is 5.36. The van der Waals surface area contributed by atoms with Gasteiger partial charge in [-0.25, -0.2) is 4.79 Å². The van der Waals surface area contributed by atoms with Crippen molar-refractivity contribution in [3.05, 3.63) is 84.4 Å². The Bertz CT molecular complexity index is 926. The molecule has 4 nitrogen and oxygen atoms in total. The van der Waals surface area contributed by atoms with Gasteiger partial charge in [0.1, 0.15) is 22.7 Å². The number of carbonyl (C=O) groups is 1. The summed E-state index contributed by atoms with van der Waals surface area (Å²) in [7, 11) is -2.10. The molecule has 0 saturated heterocycles. The molecule has 0 saturated carbocycles. The second-order valence-electron chi connectivity index (χ2n) is 7.91. The average molecular weight is 421 g/mol. The van der Waals surface area contributed by atoms with Gasteiger partial charge in [-0.3, -0.25) is 0 Å². The lowest BCUT2D eigenvalue weighted by Crippen LogP contribution is -2.47. The third-order valence-corrected chi connectivity index (χ3v) is 6.79. The summed E-state index contributed by atoms with van der Waals surface area (Å²) in [4.78, 5) is 12.6. The minimum Gasteiger partial charge on any atom is -0.537 e. The molecule has 156 valence electrons. The van der Waals surface area contributed by atoms with E-state index in [1.807, 2.05) is 57.2 Å². The number of carbonyl (C=O) groups excluding carboxylic acids is 1. The summed E-state index contributed by atoms with van der Waals surface area (Å²) in [6, 6.07) is 25.6. The first-order valence-corrected chi connectivity index (χ1v) is 11.8. The predicted octanol–water partition coefficient (Wildman–Crippen LogP) is 3.96. The van der Waals surface area contributed by atoms with E-state index in [-0.39, 0.29) is 5.60 Å². The highest BCUT2D eigenvalue weighted by molar-refractivity contribution is 6.80. The van der Waals surface area contributed by atoms with Gasteiger partial charge in [-0.05, 0) is 50.2 Å². The molecule has 0 amide bonds. The summed E-state index contributed by atoms with van der Waals surface area (Å²) in [5.74, 6) is 0.739. The predicted molar refractivity (Wildman–Crippen MR) is 123 cm³/mol. The lowest BCUT2D eigenvalue weighted by molar-refractivity contribution is 0.0524. The molecule has 0 radical (unpaired) electrons. The van der Waals surface area contributed by atoms with Crippen LogP contribution in [0.3, 0.4) is 0 Å². The molecule has 30 heavy (non-hydrogen) atoms. The molecule has 3 rings (SSSR count). The van der Waals surface area contributed by atoms with E-state index in [0.29, 0.717) is 23.7 Å². The third kappa shape index (κ3) is 5.73. The molecular weight excluding hydrogens is 392 g/mol. The van der Waals surface area contributed by atoms with Crippen LogP contribution in [-0.2, 0) is 4.74 Å². The van der Waals surface area contributed by atoms with Crippen LogP contribution in [0.2, 0.25) is 0 Å². The molecule has 0 aromatic heterocycles. The fourth-order valence-electron chi connectivity index (χ4n) is 3.11. The Morgan fingerprint density at radius 1 is 0.867 bits per heavy atom. The molecule has 0 N–H and O–H groups in total. The Labute approximate surface area is 180 Å². The van der Waals surface area contributed by atoms with Crippen molar-refractivity contribution in [1.29, 1.82) is 0 Å². The van der Waals surface area contributed by atoms with Crippen LogP contribution in [0.1, 0.15) is 38.1 Å². The van der Waals surface area contributed by atoms with Crippen LogP contribution in [0.4, 0.5) is 0 Å². The van der Waals surface area contributed by atoms with Gasteiger partial charge in [-0.2, -0.15) is 0 Å². The minimum atomic E-state index is -2.10. The van der Waals surface area contributed by atoms with Crippen LogP contribution in [0.15, 0.2) is 78.9 Å². The van der Waals surface area contributed by atoms with E-state index < -0.39 is 15.0 Å². The first-order chi connectivity index (χ1) is 14.4. The van der Waals surface area contributed by atoms with E-state index >= 15 is 0 Å². The maximum Gasteiger partial charge on any atom is 0.341 e. The summed E-state index contributed by atoms with van der Waals surface area (Å²) in [6.45, 7) is 8.05. The molecule has 0 aliphatic rings. The van der Waals surface area contributed by atoms with Gasteiger partial charge in [0, 0.05) is 6.07 Å². The van der Waals surface area contributed by atoms with Crippen LogP contribution >= 0.6 is 0 Å². The monoisotopic (exact) mass is 420 g/mol. The van der Waals surface area contributed by atoms with Crippen LogP contribution in [0.25, 0.3) is 0 Å². The van der Waals surface area contributed by atoms with E-state index in [0.717, 1.165) is 10.4 Å². The van der Waals surface area contributed by atoms with Crippen molar-refractivity contribution in [2.45, 2.75) is 33.3 Å². The second-order valence-corrected chi connectivity index (χ2v) is 10.2. The van der Waals surface area contributed by atoms with E-state index in [4.69, 9.17) is 13.9 Å². The first kappa shape index (κ1) is 21.7. The van der Waals surface area contributed by atoms with Crippen LogP contribution in [0, 0.1) is 0 Å². The van der Waals surface area contributed by atoms with Crippen molar-refractivity contribution in [3.8, 4) is 11.5 Å². The van der Waals surface area contributed by atoms with E-state index in [1.165, 1.54) is 0 Å². The SMILES string of the molecule is CCOC(=O)c1ccc(OC(C)(C)C)cc1O[SiH](c1ccccc1)c1ccccc1. The normalized spacial score (nSPS) is 11.2. The van der Waals surface area contributed by atoms with Crippen molar-refractivity contribution in [3.63, 3.8) is 0 Å². The van der Waals surface area contributed by atoms with Gasteiger partial charge >= 0.3 is 5.97 Å². The summed E-state index contributed by atoms with van der Waals surface area (Å²) in [5, 5.41) is 2.25. The molecule has 0 atom stereocenters. The van der Waals surface area contributed by atoms with Crippen LogP contribution in [-0.4, -0.2) is 27.2 Å². The molecule has 3 aromatic rings. The number of benzene rings is 3. The highest BCUT2D eigenvalue weighted by atomic mass is 28.3. The van der Waals surface area contributed by atoms with Gasteiger partial charge in [0.2, 0.25) is 0 Å². The van der Waals surface area contributed by atoms with Crippen LogP contribution < -0.4 is 19.5 Å². The standard InChI is InChI=1S/C25H28O4Si/c1-5-27-24(26)22-17-16-19(28-25(2,3)4)18-23(22)29-30(20-12-8-6-9-13-20)21-14-10-7-11-15-21/h6-18,30H,5H2,1-4H3. The smallest absolute Gasteiger partial charge is 0.341 e. The zero-order chi connectivity index (χ0) is 21.6. The summed E-state index contributed by atoms with van der Waals surface area (Å²) in [6.07, 6.45) is 0. The largest absolute Gasteiger partial charge is 0.537 e. The molecule has 5 heteroatoms. The molecule has 0 heterocycles. The van der Waals surface area contributed by atoms with Crippen molar-refractivity contribution >= 4 is 25.4 Å². The van der Waals surface area contributed by atoms with E-state index in [1.54, 1.807) is 25.1 Å². The van der Waals surface area contributed by atoms with E-state index in [2.05, 4.69) is 24.3 Å². The molecule has 0 spiro atoms. The molecule has 0 bridgehead atoms. The molecule has 0 fully saturated rings. The van der Waals surface area contributed by atoms with Crippen LogP contribution in [0.5, 0.6) is 11.5 Å². The second kappa shape index (κ2) is 9.63. The summed E-state index contributed by atoms with van der Waals surface area (Å²) in [5.41, 5.74) is 0.0424. The first-order valence-electron chi connectivity index (χ1n) is 10.1. The quantitative estimate of drug-likeness (QED) is 0.429. The maximum atomic E-state index is 12.6. The Kier molecular flexibility index (Phi) is 6.95. The van der Waals surface area contributed by atoms with Gasteiger partial charge in [-0.15, -0.1) is 0 Å². The Morgan fingerprint density at radius 2 is 1.43 bits per heavy atom. The van der Waals surface area contributed by atoms with Gasteiger partial charge in [0.25, 0.3) is 9.04 Å². The highest BCUT2D eigenvalue weighted by Gasteiger charge is 2.24. The maximum absolute atomic E-state index is 12.6. The number of rotatable bonds is 7. The third-order valence-electron chi connectivity index (χ3n) is 4.32. The molecule has 3 aromatic carbocycles. The zero-order valence-corrected chi connectivity index (χ0v) is 19.1. The highest BCUT2D eigenvalue weighted by Crippen LogP contribution is 2.28. The van der Waals surface area contributed by atoms with Gasteiger partial charge in [0.15, 0.2) is 0 Å². The Hall–Kier alpha value is -3.05. The lowest BCUT2D eigenvalue weighted by Gasteiger charge is -2.24. The molecule has 0 aliphatic heterocycles. The van der Waals surface area contributed by atoms with Crippen molar-refractivity contribution in [2.24, 2.45) is 0 Å².